The number of pyridine rings is 1. The number of aromatic nitrogens is 1. The topological polar surface area (TPSA) is 80.3 Å². The molecule has 0 bridgehead atoms. The van der Waals surface area contributed by atoms with Crippen LogP contribution in [0.1, 0.15) is 34.0 Å². The third-order valence-corrected chi connectivity index (χ3v) is 2.84. The van der Waals surface area contributed by atoms with E-state index in [1.807, 2.05) is 0 Å². The van der Waals surface area contributed by atoms with Crippen molar-refractivity contribution < 1.29 is 14.3 Å². The third kappa shape index (κ3) is 2.24. The molecule has 1 aromatic rings. The Balaban J connectivity index is 2.44. The molecule has 0 saturated heterocycles. The number of alkyl halides is 1. The lowest BCUT2D eigenvalue weighted by atomic mass is 10.1. The Kier molecular flexibility index (Phi) is 3.38. The third-order valence-electron chi connectivity index (χ3n) is 2.50. The lowest BCUT2D eigenvalue weighted by Crippen LogP contribution is -2.36. The zero-order valence-electron chi connectivity index (χ0n) is 9.91. The zero-order valence-corrected chi connectivity index (χ0v) is 10.7. The molecule has 6 nitrogen and oxygen atoms in total. The van der Waals surface area contributed by atoms with Gasteiger partial charge in [-0.1, -0.05) is 11.6 Å². The van der Waals surface area contributed by atoms with Crippen LogP contribution < -0.4 is 10.6 Å². The number of hydrogen-bond donors (Lipinski definition) is 2. The molecule has 18 heavy (non-hydrogen) atoms. The van der Waals surface area contributed by atoms with Crippen LogP contribution in [0, 0.1) is 6.92 Å². The molecule has 0 spiro atoms. The van der Waals surface area contributed by atoms with Crippen molar-refractivity contribution in [3.63, 3.8) is 0 Å². The van der Waals surface area contributed by atoms with Crippen molar-refractivity contribution in [2.45, 2.75) is 19.3 Å². The SMILES string of the molecule is CCOC(=O)c1cc2c(nc1C)NC(=O)NC2Cl. The number of halogens is 1. The Bertz CT molecular complexity index is 519. The molecular formula is C11H12ClN3O3. The number of amides is 2. The second-order valence-electron chi connectivity index (χ2n) is 3.74. The number of nitrogens with one attached hydrogen (secondary N) is 2. The highest BCUT2D eigenvalue weighted by atomic mass is 35.5. The molecular weight excluding hydrogens is 258 g/mol. The summed E-state index contributed by atoms with van der Waals surface area (Å²) in [4.78, 5) is 27.1. The van der Waals surface area contributed by atoms with Crippen molar-refractivity contribution in [1.82, 2.24) is 10.3 Å². The number of carbonyl (C=O) groups is 2. The Morgan fingerprint density at radius 2 is 2.33 bits per heavy atom. The molecule has 7 heteroatoms. The molecule has 0 radical (unpaired) electrons. The number of anilines is 1. The van der Waals surface area contributed by atoms with E-state index in [0.29, 0.717) is 22.6 Å². The van der Waals surface area contributed by atoms with Crippen LogP contribution in [0.5, 0.6) is 0 Å². The van der Waals surface area contributed by atoms with Crippen LogP contribution in [-0.2, 0) is 4.74 Å². The number of rotatable bonds is 2. The van der Waals surface area contributed by atoms with Crippen LogP contribution in [0.4, 0.5) is 10.6 Å². The number of hydrogen-bond acceptors (Lipinski definition) is 4. The molecule has 0 fully saturated rings. The maximum Gasteiger partial charge on any atom is 0.339 e. The van der Waals surface area contributed by atoms with Crippen molar-refractivity contribution in [3.8, 4) is 0 Å². The fraction of sp³-hybridized carbons (Fsp3) is 0.364. The predicted octanol–water partition coefficient (Wildman–Crippen LogP) is 1.94. The smallest absolute Gasteiger partial charge is 0.339 e. The average Bonchev–Trinajstić information content (AvgIpc) is 2.27. The molecule has 2 N–H and O–H groups in total. The monoisotopic (exact) mass is 269 g/mol. The van der Waals surface area contributed by atoms with E-state index in [2.05, 4.69) is 15.6 Å². The number of fused-ring (bicyclic) bond motifs is 1. The first-order valence-corrected chi connectivity index (χ1v) is 5.86. The summed E-state index contributed by atoms with van der Waals surface area (Å²) in [5, 5.41) is 5.01. The van der Waals surface area contributed by atoms with E-state index < -0.39 is 17.5 Å². The predicted molar refractivity (Wildman–Crippen MR) is 65.7 cm³/mol. The lowest BCUT2D eigenvalue weighted by molar-refractivity contribution is 0.0525. The highest BCUT2D eigenvalue weighted by Crippen LogP contribution is 2.29. The largest absolute Gasteiger partial charge is 0.462 e. The maximum atomic E-state index is 11.7. The molecule has 1 aliphatic heterocycles. The van der Waals surface area contributed by atoms with Gasteiger partial charge in [-0.2, -0.15) is 0 Å². The van der Waals surface area contributed by atoms with Crippen LogP contribution in [0.15, 0.2) is 6.07 Å². The van der Waals surface area contributed by atoms with Gasteiger partial charge in [0.15, 0.2) is 0 Å². The van der Waals surface area contributed by atoms with Gasteiger partial charge >= 0.3 is 12.0 Å². The van der Waals surface area contributed by atoms with E-state index >= 15 is 0 Å². The van der Waals surface area contributed by atoms with Gasteiger partial charge in [0.25, 0.3) is 0 Å². The van der Waals surface area contributed by atoms with E-state index in [4.69, 9.17) is 16.3 Å². The summed E-state index contributed by atoms with van der Waals surface area (Å²) in [6.45, 7) is 3.68. The number of aryl methyl sites for hydroxylation is 1. The quantitative estimate of drug-likeness (QED) is 0.488. The second kappa shape index (κ2) is 4.81. The number of urea groups is 1. The van der Waals surface area contributed by atoms with Crippen LogP contribution in [0.3, 0.4) is 0 Å². The first-order chi connectivity index (χ1) is 8.52. The van der Waals surface area contributed by atoms with Gasteiger partial charge in [0.05, 0.1) is 17.9 Å². The number of nitrogens with zero attached hydrogens (tertiary/aromatic N) is 1. The summed E-state index contributed by atoms with van der Waals surface area (Å²) in [7, 11) is 0. The van der Waals surface area contributed by atoms with Gasteiger partial charge in [-0.3, -0.25) is 5.32 Å². The van der Waals surface area contributed by atoms with Gasteiger partial charge in [-0.05, 0) is 19.9 Å². The minimum atomic E-state index is -0.713. The summed E-state index contributed by atoms with van der Waals surface area (Å²) < 4.78 is 4.93. The van der Waals surface area contributed by atoms with Crippen molar-refractivity contribution in [2.75, 3.05) is 11.9 Å². The summed E-state index contributed by atoms with van der Waals surface area (Å²) in [5.74, 6) is -0.0876. The van der Waals surface area contributed by atoms with Crippen molar-refractivity contribution >= 4 is 29.4 Å². The molecule has 0 aromatic carbocycles. The van der Waals surface area contributed by atoms with Crippen molar-refractivity contribution in [1.29, 1.82) is 0 Å². The molecule has 2 rings (SSSR count). The fourth-order valence-electron chi connectivity index (χ4n) is 1.67. The van der Waals surface area contributed by atoms with Crippen LogP contribution >= 0.6 is 11.6 Å². The minimum Gasteiger partial charge on any atom is -0.462 e. The molecule has 2 heterocycles. The van der Waals surface area contributed by atoms with E-state index in [1.54, 1.807) is 19.9 Å². The normalized spacial score (nSPS) is 17.5. The first kappa shape index (κ1) is 12.6. The highest BCUT2D eigenvalue weighted by molar-refractivity contribution is 6.23. The van der Waals surface area contributed by atoms with E-state index in [9.17, 15) is 9.59 Å². The van der Waals surface area contributed by atoms with Gasteiger partial charge in [0.1, 0.15) is 11.3 Å². The Labute approximate surface area is 109 Å². The number of ether oxygens (including phenoxy) is 1. The standard InChI is InChI=1S/C11H12ClN3O3/c1-3-18-10(16)6-4-7-8(12)14-11(17)15-9(7)13-5(6)2/h4,8H,3H2,1-2H3,(H2,13,14,15,17). The molecule has 0 aliphatic carbocycles. The maximum absolute atomic E-state index is 11.7. The summed E-state index contributed by atoms with van der Waals surface area (Å²) >= 11 is 5.98. The summed E-state index contributed by atoms with van der Waals surface area (Å²) in [5.41, 5.74) is 0.664. The van der Waals surface area contributed by atoms with E-state index in [-0.39, 0.29) is 6.61 Å². The molecule has 2 amide bonds. The first-order valence-electron chi connectivity index (χ1n) is 5.43. The Morgan fingerprint density at radius 3 is 3.00 bits per heavy atom. The zero-order chi connectivity index (χ0) is 13.3. The molecule has 1 aliphatic rings. The minimum absolute atomic E-state index is 0.286. The second-order valence-corrected chi connectivity index (χ2v) is 4.18. The molecule has 1 atom stereocenters. The highest BCUT2D eigenvalue weighted by Gasteiger charge is 2.26. The van der Waals surface area contributed by atoms with Gasteiger partial charge in [-0.25, -0.2) is 14.6 Å². The van der Waals surface area contributed by atoms with Crippen LogP contribution in [-0.4, -0.2) is 23.6 Å². The average molecular weight is 270 g/mol. The Hall–Kier alpha value is -1.82. The summed E-state index contributed by atoms with van der Waals surface area (Å²) in [6, 6.07) is 1.16. The van der Waals surface area contributed by atoms with Gasteiger partial charge in [0.2, 0.25) is 0 Å². The molecule has 0 saturated carbocycles. The van der Waals surface area contributed by atoms with Gasteiger partial charge < -0.3 is 10.1 Å². The summed E-state index contributed by atoms with van der Waals surface area (Å²) in [6.07, 6.45) is 0. The number of carbonyl (C=O) groups excluding carboxylic acids is 2. The van der Waals surface area contributed by atoms with Crippen molar-refractivity contribution in [3.05, 3.63) is 22.9 Å². The lowest BCUT2D eigenvalue weighted by Gasteiger charge is -2.23. The molecule has 96 valence electrons. The van der Waals surface area contributed by atoms with Crippen molar-refractivity contribution in [2.24, 2.45) is 0 Å². The van der Waals surface area contributed by atoms with E-state index in [0.717, 1.165) is 0 Å². The number of esters is 1. The Morgan fingerprint density at radius 1 is 1.61 bits per heavy atom. The van der Waals surface area contributed by atoms with E-state index in [1.165, 1.54) is 0 Å². The molecule has 1 aromatic heterocycles. The van der Waals surface area contributed by atoms with Crippen LogP contribution in [0.2, 0.25) is 0 Å². The fourth-order valence-corrected chi connectivity index (χ4v) is 1.93. The van der Waals surface area contributed by atoms with Gasteiger partial charge in [-0.15, -0.1) is 0 Å². The van der Waals surface area contributed by atoms with Gasteiger partial charge in [0, 0.05) is 5.56 Å². The molecule has 1 unspecified atom stereocenters. The van der Waals surface area contributed by atoms with Crippen LogP contribution in [0.25, 0.3) is 0 Å².